The SMILES string of the molecule is CC(C)(C1CCN(C(=O)c2ncc(C(F)(F)F)cc2S(=O)(=O)C2CC2)CC1)S(=O)(=O)c1cc(F)cc(C(F)(F)F)c1. The molecule has 1 aromatic heterocycles. The van der Waals surface area contributed by atoms with Crippen molar-refractivity contribution in [3.63, 3.8) is 0 Å². The van der Waals surface area contributed by atoms with Gasteiger partial charge in [-0.2, -0.15) is 26.3 Å². The molecule has 2 aromatic rings. The number of aromatic nitrogens is 1. The molecule has 0 spiro atoms. The first-order valence-electron chi connectivity index (χ1n) is 12.4. The number of hydrogen-bond acceptors (Lipinski definition) is 6. The Labute approximate surface area is 231 Å². The van der Waals surface area contributed by atoms with Crippen LogP contribution >= 0.6 is 0 Å². The quantitative estimate of drug-likeness (QED) is 0.402. The summed E-state index contributed by atoms with van der Waals surface area (Å²) in [5.41, 5.74) is -3.46. The summed E-state index contributed by atoms with van der Waals surface area (Å²) in [5, 5.41) is -0.920. The van der Waals surface area contributed by atoms with Crippen molar-refractivity contribution in [1.82, 2.24) is 9.88 Å². The van der Waals surface area contributed by atoms with Gasteiger partial charge in [0.1, 0.15) is 11.5 Å². The maximum Gasteiger partial charge on any atom is 0.417 e. The second-order valence-corrected chi connectivity index (χ2v) is 15.4. The molecule has 41 heavy (non-hydrogen) atoms. The van der Waals surface area contributed by atoms with Crippen LogP contribution in [0.4, 0.5) is 30.7 Å². The third kappa shape index (κ3) is 5.94. The van der Waals surface area contributed by atoms with Crippen LogP contribution in [0.5, 0.6) is 0 Å². The van der Waals surface area contributed by atoms with E-state index in [0.29, 0.717) is 24.4 Å². The van der Waals surface area contributed by atoms with Crippen molar-refractivity contribution in [2.24, 2.45) is 5.92 Å². The number of halogens is 7. The number of amides is 1. The molecule has 0 radical (unpaired) electrons. The van der Waals surface area contributed by atoms with E-state index in [1.165, 1.54) is 13.8 Å². The number of pyridine rings is 1. The van der Waals surface area contributed by atoms with Gasteiger partial charge in [0.05, 0.1) is 30.9 Å². The van der Waals surface area contributed by atoms with Crippen molar-refractivity contribution in [2.75, 3.05) is 13.1 Å². The first-order valence-corrected chi connectivity index (χ1v) is 15.4. The number of nitrogens with zero attached hydrogens (tertiary/aromatic N) is 2. The zero-order chi connectivity index (χ0) is 30.8. The van der Waals surface area contributed by atoms with E-state index in [4.69, 9.17) is 0 Å². The highest BCUT2D eigenvalue weighted by molar-refractivity contribution is 7.93. The van der Waals surface area contributed by atoms with Gasteiger partial charge < -0.3 is 4.90 Å². The number of piperidine rings is 1. The largest absolute Gasteiger partial charge is 0.417 e. The smallest absolute Gasteiger partial charge is 0.337 e. The predicted octanol–water partition coefficient (Wildman–Crippen LogP) is 5.30. The molecule has 1 amide bonds. The predicted molar refractivity (Wildman–Crippen MR) is 131 cm³/mol. The topological polar surface area (TPSA) is 101 Å². The number of rotatable bonds is 6. The molecule has 0 unspecified atom stereocenters. The minimum atomic E-state index is -4.99. The van der Waals surface area contributed by atoms with Crippen LogP contribution in [-0.2, 0) is 32.0 Å². The molecule has 1 aliphatic heterocycles. The molecule has 16 heteroatoms. The average molecular weight is 631 g/mol. The number of carbonyl (C=O) groups is 1. The third-order valence-corrected chi connectivity index (χ3v) is 12.5. The van der Waals surface area contributed by atoms with Gasteiger partial charge in [-0.15, -0.1) is 0 Å². The van der Waals surface area contributed by atoms with E-state index in [1.54, 1.807) is 0 Å². The number of sulfone groups is 2. The van der Waals surface area contributed by atoms with E-state index < -0.39 is 86.3 Å². The van der Waals surface area contributed by atoms with E-state index in [0.717, 1.165) is 4.90 Å². The minimum Gasteiger partial charge on any atom is -0.337 e. The summed E-state index contributed by atoms with van der Waals surface area (Å²) in [6, 6.07) is 1.44. The highest BCUT2D eigenvalue weighted by atomic mass is 32.2. The average Bonchev–Trinajstić information content (AvgIpc) is 3.73. The van der Waals surface area contributed by atoms with Crippen LogP contribution in [0.15, 0.2) is 40.3 Å². The highest BCUT2D eigenvalue weighted by Gasteiger charge is 2.46. The van der Waals surface area contributed by atoms with Gasteiger partial charge in [0.2, 0.25) is 0 Å². The van der Waals surface area contributed by atoms with Crippen molar-refractivity contribution in [3.05, 3.63) is 53.1 Å². The Morgan fingerprint density at radius 2 is 1.41 bits per heavy atom. The Balaban J connectivity index is 1.58. The van der Waals surface area contributed by atoms with Crippen LogP contribution in [0.1, 0.15) is 61.1 Å². The van der Waals surface area contributed by atoms with Crippen LogP contribution in [0, 0.1) is 11.7 Å². The second kappa shape index (κ2) is 10.2. The van der Waals surface area contributed by atoms with Crippen LogP contribution in [-0.4, -0.2) is 55.7 Å². The van der Waals surface area contributed by atoms with Gasteiger partial charge >= 0.3 is 12.4 Å². The zero-order valence-electron chi connectivity index (χ0n) is 21.7. The number of likely N-dealkylation sites (tertiary alicyclic amines) is 1. The summed E-state index contributed by atoms with van der Waals surface area (Å²) >= 11 is 0. The van der Waals surface area contributed by atoms with Crippen LogP contribution < -0.4 is 0 Å². The Bertz CT molecular complexity index is 1570. The van der Waals surface area contributed by atoms with E-state index in [1.807, 2.05) is 0 Å². The highest BCUT2D eigenvalue weighted by Crippen LogP contribution is 2.41. The number of carbonyl (C=O) groups excluding carboxylic acids is 1. The van der Waals surface area contributed by atoms with Gasteiger partial charge in [0.15, 0.2) is 19.7 Å². The fraction of sp³-hybridized carbons (Fsp3) is 0.520. The molecule has 1 aromatic carbocycles. The molecule has 0 bridgehead atoms. The number of hydrogen-bond donors (Lipinski definition) is 0. The summed E-state index contributed by atoms with van der Waals surface area (Å²) in [7, 11) is -8.79. The van der Waals surface area contributed by atoms with Gasteiger partial charge in [-0.05, 0) is 69.7 Å². The van der Waals surface area contributed by atoms with Crippen molar-refractivity contribution in [2.45, 2.75) is 71.7 Å². The normalized spacial score (nSPS) is 18.0. The second-order valence-electron chi connectivity index (χ2n) is 10.7. The Morgan fingerprint density at radius 1 is 0.854 bits per heavy atom. The first-order chi connectivity index (χ1) is 18.7. The monoisotopic (exact) mass is 630 g/mol. The fourth-order valence-corrected chi connectivity index (χ4v) is 8.52. The van der Waals surface area contributed by atoms with Gasteiger partial charge in [-0.25, -0.2) is 26.2 Å². The summed E-state index contributed by atoms with van der Waals surface area (Å²) < 4.78 is 144. The Morgan fingerprint density at radius 3 is 1.93 bits per heavy atom. The van der Waals surface area contributed by atoms with Crippen molar-refractivity contribution in [3.8, 4) is 0 Å². The molecule has 1 aliphatic carbocycles. The van der Waals surface area contributed by atoms with Crippen LogP contribution in [0.25, 0.3) is 0 Å². The summed E-state index contributed by atoms with van der Waals surface area (Å²) in [6.07, 6.45) is -9.04. The van der Waals surface area contributed by atoms with Crippen molar-refractivity contribution < 1.29 is 52.4 Å². The maximum absolute atomic E-state index is 14.0. The molecule has 2 fully saturated rings. The van der Waals surface area contributed by atoms with Crippen LogP contribution in [0.3, 0.4) is 0 Å². The zero-order valence-corrected chi connectivity index (χ0v) is 23.3. The van der Waals surface area contributed by atoms with Crippen molar-refractivity contribution >= 4 is 25.6 Å². The molecule has 0 atom stereocenters. The molecule has 0 N–H and O–H groups in total. The maximum atomic E-state index is 14.0. The molecule has 4 rings (SSSR count). The molecule has 2 aliphatic rings. The van der Waals surface area contributed by atoms with E-state index >= 15 is 0 Å². The van der Waals surface area contributed by atoms with Crippen molar-refractivity contribution in [1.29, 1.82) is 0 Å². The molecule has 2 heterocycles. The number of benzene rings is 1. The Kier molecular flexibility index (Phi) is 7.77. The summed E-state index contributed by atoms with van der Waals surface area (Å²) in [4.78, 5) is 16.3. The van der Waals surface area contributed by atoms with Gasteiger partial charge in [-0.3, -0.25) is 4.79 Å². The minimum absolute atomic E-state index is 0.00472. The molecule has 226 valence electrons. The molecular weight excluding hydrogens is 605 g/mol. The lowest BCUT2D eigenvalue weighted by molar-refractivity contribution is -0.138. The Hall–Kier alpha value is -2.75. The van der Waals surface area contributed by atoms with Gasteiger partial charge in [-0.1, -0.05) is 0 Å². The van der Waals surface area contributed by atoms with Gasteiger partial charge in [0.25, 0.3) is 5.91 Å². The van der Waals surface area contributed by atoms with E-state index in [9.17, 15) is 52.4 Å². The number of alkyl halides is 6. The lowest BCUT2D eigenvalue weighted by Gasteiger charge is -2.40. The van der Waals surface area contributed by atoms with Crippen LogP contribution in [0.2, 0.25) is 0 Å². The lowest BCUT2D eigenvalue weighted by Crippen LogP contribution is -2.48. The summed E-state index contributed by atoms with van der Waals surface area (Å²) in [5.74, 6) is -3.04. The molecule has 7 nitrogen and oxygen atoms in total. The standard InChI is InChI=1S/C25H25F7N2O5S2/c1-23(2,41(38,39)19-10-15(24(27,28)29)9-17(26)12-19)14-5-7-34(8-6-14)22(35)21-20(40(36,37)18-3-4-18)11-16(13-33-21)25(30,31)32/h9-14,18H,3-8H2,1-2H3. The first kappa shape index (κ1) is 31.2. The van der Waals surface area contributed by atoms with E-state index in [2.05, 4.69) is 4.98 Å². The fourth-order valence-electron chi connectivity index (χ4n) is 4.87. The lowest BCUT2D eigenvalue weighted by atomic mass is 9.85. The third-order valence-electron chi connectivity index (χ3n) is 7.62. The van der Waals surface area contributed by atoms with Gasteiger partial charge in [0, 0.05) is 19.3 Å². The molecular formula is C25H25F7N2O5S2. The van der Waals surface area contributed by atoms with E-state index in [-0.39, 0.29) is 44.8 Å². The molecule has 1 saturated heterocycles. The molecule has 1 saturated carbocycles. The summed E-state index contributed by atoms with van der Waals surface area (Å²) in [6.45, 7) is 2.29.